The van der Waals surface area contributed by atoms with Crippen LogP contribution in [0, 0.1) is 0 Å². The minimum Gasteiger partial charge on any atom is -0.369 e. The molecule has 1 aliphatic heterocycles. The first-order valence-corrected chi connectivity index (χ1v) is 5.75. The van der Waals surface area contributed by atoms with Gasteiger partial charge in [0, 0.05) is 36.4 Å². The summed E-state index contributed by atoms with van der Waals surface area (Å²) in [6.45, 7) is 5.59. The Morgan fingerprint density at radius 1 is 1.20 bits per heavy atom. The van der Waals surface area contributed by atoms with Gasteiger partial charge in [0.05, 0.1) is 0 Å². The summed E-state index contributed by atoms with van der Waals surface area (Å²) in [5, 5.41) is 0.806. The van der Waals surface area contributed by atoms with Crippen molar-refractivity contribution >= 4 is 17.3 Å². The van der Waals surface area contributed by atoms with Crippen LogP contribution in [0.15, 0.2) is 24.3 Å². The third-order valence-electron chi connectivity index (χ3n) is 3.15. The van der Waals surface area contributed by atoms with Gasteiger partial charge in [0.2, 0.25) is 0 Å². The number of rotatable bonds is 1. The van der Waals surface area contributed by atoms with Gasteiger partial charge in [-0.1, -0.05) is 11.6 Å². The predicted molar refractivity (Wildman–Crippen MR) is 65.8 cm³/mol. The molecule has 2 nitrogen and oxygen atoms in total. The molecule has 0 saturated carbocycles. The van der Waals surface area contributed by atoms with Gasteiger partial charge in [0.15, 0.2) is 0 Å². The van der Waals surface area contributed by atoms with Gasteiger partial charge in [-0.3, -0.25) is 0 Å². The van der Waals surface area contributed by atoms with Gasteiger partial charge in [-0.15, -0.1) is 0 Å². The fraction of sp³-hybridized carbons (Fsp3) is 0.500. The molecule has 0 radical (unpaired) electrons. The van der Waals surface area contributed by atoms with Crippen LogP contribution >= 0.6 is 11.6 Å². The lowest BCUT2D eigenvalue weighted by Gasteiger charge is -2.39. The molecule has 0 N–H and O–H groups in total. The second-order valence-corrected chi connectivity index (χ2v) is 4.69. The molecule has 1 atom stereocenters. The van der Waals surface area contributed by atoms with E-state index < -0.39 is 0 Å². The average molecular weight is 225 g/mol. The number of benzene rings is 1. The summed E-state index contributed by atoms with van der Waals surface area (Å²) in [5.74, 6) is 0. The van der Waals surface area contributed by atoms with E-state index in [1.807, 2.05) is 12.1 Å². The zero-order chi connectivity index (χ0) is 10.8. The van der Waals surface area contributed by atoms with E-state index in [0.29, 0.717) is 6.04 Å². The van der Waals surface area contributed by atoms with E-state index >= 15 is 0 Å². The lowest BCUT2D eigenvalue weighted by atomic mass is 10.2. The van der Waals surface area contributed by atoms with Gasteiger partial charge >= 0.3 is 0 Å². The molecule has 2 rings (SSSR count). The highest BCUT2D eigenvalue weighted by Gasteiger charge is 2.20. The lowest BCUT2D eigenvalue weighted by molar-refractivity contribution is 0.234. The molecule has 3 heteroatoms. The second-order valence-electron chi connectivity index (χ2n) is 4.25. The van der Waals surface area contributed by atoms with Gasteiger partial charge in [-0.05, 0) is 38.2 Å². The zero-order valence-electron chi connectivity index (χ0n) is 9.28. The van der Waals surface area contributed by atoms with Crippen molar-refractivity contribution in [3.63, 3.8) is 0 Å². The first-order valence-electron chi connectivity index (χ1n) is 5.37. The van der Waals surface area contributed by atoms with E-state index in [-0.39, 0.29) is 0 Å². The van der Waals surface area contributed by atoms with E-state index in [1.54, 1.807) is 0 Å². The number of nitrogens with zero attached hydrogens (tertiary/aromatic N) is 2. The zero-order valence-corrected chi connectivity index (χ0v) is 10.0. The largest absolute Gasteiger partial charge is 0.369 e. The van der Waals surface area contributed by atoms with Crippen LogP contribution in [0.1, 0.15) is 6.92 Å². The molecule has 0 amide bonds. The van der Waals surface area contributed by atoms with Crippen molar-refractivity contribution in [3.05, 3.63) is 29.3 Å². The van der Waals surface area contributed by atoms with Crippen LogP contribution in [0.25, 0.3) is 0 Å². The fourth-order valence-electron chi connectivity index (χ4n) is 1.93. The van der Waals surface area contributed by atoms with E-state index in [1.165, 1.54) is 5.69 Å². The lowest BCUT2D eigenvalue weighted by Crippen LogP contribution is -2.50. The molecular weight excluding hydrogens is 208 g/mol. The quantitative estimate of drug-likeness (QED) is 0.723. The maximum absolute atomic E-state index is 5.88. The standard InChI is InChI=1S/C12H17ClN2/c1-10-9-15(8-7-14(10)2)12-5-3-11(13)4-6-12/h3-6,10H,7-9H2,1-2H3. The Morgan fingerprint density at radius 3 is 2.47 bits per heavy atom. The molecule has 1 heterocycles. The van der Waals surface area contributed by atoms with Crippen LogP contribution < -0.4 is 4.90 Å². The normalized spacial score (nSPS) is 23.1. The van der Waals surface area contributed by atoms with Crippen molar-refractivity contribution in [1.82, 2.24) is 4.90 Å². The molecule has 0 aromatic heterocycles. The van der Waals surface area contributed by atoms with Crippen LogP contribution in [0.5, 0.6) is 0 Å². The Labute approximate surface area is 96.4 Å². The average Bonchev–Trinajstić information content (AvgIpc) is 2.23. The molecule has 1 saturated heterocycles. The summed E-state index contributed by atoms with van der Waals surface area (Å²) in [7, 11) is 2.18. The summed E-state index contributed by atoms with van der Waals surface area (Å²) >= 11 is 5.88. The number of likely N-dealkylation sites (N-methyl/N-ethyl adjacent to an activating group) is 1. The van der Waals surface area contributed by atoms with Crippen molar-refractivity contribution in [3.8, 4) is 0 Å². The monoisotopic (exact) mass is 224 g/mol. The number of piperazine rings is 1. The van der Waals surface area contributed by atoms with Crippen LogP contribution in [0.2, 0.25) is 5.02 Å². The van der Waals surface area contributed by atoms with Crippen molar-refractivity contribution < 1.29 is 0 Å². The Kier molecular flexibility index (Phi) is 3.17. The van der Waals surface area contributed by atoms with Crippen molar-refractivity contribution in [2.45, 2.75) is 13.0 Å². The molecule has 1 fully saturated rings. The third kappa shape index (κ3) is 2.44. The van der Waals surface area contributed by atoms with Crippen LogP contribution in [-0.4, -0.2) is 37.6 Å². The van der Waals surface area contributed by atoms with E-state index in [4.69, 9.17) is 11.6 Å². The van der Waals surface area contributed by atoms with Crippen molar-refractivity contribution in [2.75, 3.05) is 31.6 Å². The summed E-state index contributed by atoms with van der Waals surface area (Å²) < 4.78 is 0. The Bertz CT molecular complexity index is 323. The number of halogens is 1. The van der Waals surface area contributed by atoms with Gasteiger partial charge in [0.1, 0.15) is 0 Å². The van der Waals surface area contributed by atoms with E-state index in [2.05, 4.69) is 35.9 Å². The maximum Gasteiger partial charge on any atom is 0.0407 e. The molecule has 1 unspecified atom stereocenters. The molecule has 15 heavy (non-hydrogen) atoms. The minimum absolute atomic E-state index is 0.620. The Balaban J connectivity index is 2.08. The highest BCUT2D eigenvalue weighted by atomic mass is 35.5. The molecule has 1 aromatic carbocycles. The van der Waals surface area contributed by atoms with E-state index in [9.17, 15) is 0 Å². The summed E-state index contributed by atoms with van der Waals surface area (Å²) in [6, 6.07) is 8.73. The third-order valence-corrected chi connectivity index (χ3v) is 3.40. The van der Waals surface area contributed by atoms with Crippen molar-refractivity contribution in [1.29, 1.82) is 0 Å². The molecule has 0 bridgehead atoms. The Hall–Kier alpha value is -0.730. The highest BCUT2D eigenvalue weighted by Crippen LogP contribution is 2.20. The summed E-state index contributed by atoms with van der Waals surface area (Å²) in [5.41, 5.74) is 1.28. The molecule has 82 valence electrons. The SMILES string of the molecule is CC1CN(c2ccc(Cl)cc2)CCN1C. The number of anilines is 1. The second kappa shape index (κ2) is 4.42. The first-order chi connectivity index (χ1) is 7.16. The van der Waals surface area contributed by atoms with Crippen LogP contribution in [0.3, 0.4) is 0 Å². The summed E-state index contributed by atoms with van der Waals surface area (Å²) in [6.07, 6.45) is 0. The van der Waals surface area contributed by atoms with Crippen LogP contribution in [0.4, 0.5) is 5.69 Å². The van der Waals surface area contributed by atoms with Gasteiger partial charge < -0.3 is 9.80 Å². The number of hydrogen-bond acceptors (Lipinski definition) is 2. The first kappa shape index (κ1) is 10.8. The Morgan fingerprint density at radius 2 is 1.87 bits per heavy atom. The van der Waals surface area contributed by atoms with E-state index in [0.717, 1.165) is 24.7 Å². The highest BCUT2D eigenvalue weighted by molar-refractivity contribution is 6.30. The van der Waals surface area contributed by atoms with Gasteiger partial charge in [-0.25, -0.2) is 0 Å². The predicted octanol–water partition coefficient (Wildman–Crippen LogP) is 2.48. The molecule has 0 aliphatic carbocycles. The van der Waals surface area contributed by atoms with Crippen molar-refractivity contribution in [2.24, 2.45) is 0 Å². The molecule has 1 aromatic rings. The van der Waals surface area contributed by atoms with Crippen LogP contribution in [-0.2, 0) is 0 Å². The molecule has 0 spiro atoms. The smallest absolute Gasteiger partial charge is 0.0407 e. The molecule has 1 aliphatic rings. The minimum atomic E-state index is 0.620. The fourth-order valence-corrected chi connectivity index (χ4v) is 2.06. The van der Waals surface area contributed by atoms with Gasteiger partial charge in [0.25, 0.3) is 0 Å². The van der Waals surface area contributed by atoms with Gasteiger partial charge in [-0.2, -0.15) is 0 Å². The summed E-state index contributed by atoms with van der Waals surface area (Å²) in [4.78, 5) is 4.81. The number of hydrogen-bond donors (Lipinski definition) is 0. The topological polar surface area (TPSA) is 6.48 Å². The molecular formula is C12H17ClN2. The maximum atomic E-state index is 5.88.